The zero-order valence-electron chi connectivity index (χ0n) is 18.1. The van der Waals surface area contributed by atoms with Crippen LogP contribution in [0.3, 0.4) is 0 Å². The molecular weight excluding hydrogens is 390 g/mol. The van der Waals surface area contributed by atoms with Crippen LogP contribution in [0.4, 0.5) is 5.69 Å². The minimum Gasteiger partial charge on any atom is -0.489 e. The van der Waals surface area contributed by atoms with E-state index in [4.69, 9.17) is 10.00 Å². The molecule has 6 nitrogen and oxygen atoms in total. The summed E-state index contributed by atoms with van der Waals surface area (Å²) >= 11 is 0. The van der Waals surface area contributed by atoms with Gasteiger partial charge >= 0.3 is 11.8 Å². The number of nitrogens with one attached hydrogen (secondary N) is 2. The first-order valence-corrected chi connectivity index (χ1v) is 10.8. The number of hydrogen-bond donors (Lipinski definition) is 2. The Balaban J connectivity index is 1.56. The van der Waals surface area contributed by atoms with Gasteiger partial charge in [-0.1, -0.05) is 44.9 Å². The van der Waals surface area contributed by atoms with Gasteiger partial charge in [0.25, 0.3) is 0 Å². The zero-order chi connectivity index (χ0) is 22.2. The number of rotatable bonds is 6. The molecule has 2 unspecified atom stereocenters. The lowest BCUT2D eigenvalue weighted by Crippen LogP contribution is -2.47. The molecule has 1 saturated carbocycles. The second kappa shape index (κ2) is 10.6. The molecule has 6 heteroatoms. The maximum absolute atomic E-state index is 12.5. The third kappa shape index (κ3) is 6.32. The first-order chi connectivity index (χ1) is 15.0. The van der Waals surface area contributed by atoms with Crippen molar-refractivity contribution in [1.82, 2.24) is 5.32 Å². The van der Waals surface area contributed by atoms with Crippen LogP contribution in [-0.2, 0) is 16.2 Å². The van der Waals surface area contributed by atoms with Crippen molar-refractivity contribution in [3.63, 3.8) is 0 Å². The summed E-state index contributed by atoms with van der Waals surface area (Å²) in [5, 5.41) is 14.6. The zero-order valence-corrected chi connectivity index (χ0v) is 18.1. The Morgan fingerprint density at radius 1 is 1.10 bits per heavy atom. The highest BCUT2D eigenvalue weighted by molar-refractivity contribution is 6.39. The van der Waals surface area contributed by atoms with E-state index >= 15 is 0 Å². The van der Waals surface area contributed by atoms with E-state index in [2.05, 4.69) is 30.6 Å². The fourth-order valence-electron chi connectivity index (χ4n) is 4.12. The van der Waals surface area contributed by atoms with Crippen molar-refractivity contribution in [3.8, 4) is 11.8 Å². The minimum absolute atomic E-state index is 0.0471. The van der Waals surface area contributed by atoms with Crippen LogP contribution >= 0.6 is 0 Å². The second-order valence-electron chi connectivity index (χ2n) is 8.36. The van der Waals surface area contributed by atoms with E-state index in [1.807, 2.05) is 12.1 Å². The van der Waals surface area contributed by atoms with Crippen molar-refractivity contribution in [1.29, 1.82) is 5.26 Å². The molecule has 2 aromatic carbocycles. The lowest BCUT2D eigenvalue weighted by molar-refractivity contribution is -0.137. The topological polar surface area (TPSA) is 91.2 Å². The molecule has 0 saturated heterocycles. The van der Waals surface area contributed by atoms with Crippen LogP contribution in [0.15, 0.2) is 48.5 Å². The number of ether oxygens (including phenoxy) is 1. The number of amides is 2. The Bertz CT molecular complexity index is 964. The minimum atomic E-state index is -0.674. The van der Waals surface area contributed by atoms with Gasteiger partial charge in [0, 0.05) is 17.8 Å². The number of hydrogen-bond acceptors (Lipinski definition) is 4. The maximum atomic E-state index is 12.5. The normalized spacial score (nSPS) is 18.1. The highest BCUT2D eigenvalue weighted by Gasteiger charge is 2.30. The standard InChI is InChI=1S/C25H29N3O3/c1-17(2)22-11-3-4-12-23(22)28-25(30)24(29)27-20-9-6-10-21(14-20)31-16-19-8-5-7-18(13-19)15-26/h5-10,13-14,17,22-23H,3-4,11-12,16H2,1-2H3,(H,27,29)(H,28,30). The van der Waals surface area contributed by atoms with Gasteiger partial charge in [-0.2, -0.15) is 5.26 Å². The Hall–Kier alpha value is -3.33. The van der Waals surface area contributed by atoms with Crippen molar-refractivity contribution < 1.29 is 14.3 Å². The summed E-state index contributed by atoms with van der Waals surface area (Å²) in [5.41, 5.74) is 1.94. The van der Waals surface area contributed by atoms with Gasteiger partial charge in [-0.3, -0.25) is 9.59 Å². The lowest BCUT2D eigenvalue weighted by Gasteiger charge is -2.34. The fourth-order valence-corrected chi connectivity index (χ4v) is 4.12. The van der Waals surface area contributed by atoms with Crippen LogP contribution < -0.4 is 15.4 Å². The molecule has 0 bridgehead atoms. The maximum Gasteiger partial charge on any atom is 0.313 e. The van der Waals surface area contributed by atoms with Crippen LogP contribution in [0.25, 0.3) is 0 Å². The lowest BCUT2D eigenvalue weighted by atomic mass is 9.78. The third-order valence-corrected chi connectivity index (χ3v) is 5.75. The van der Waals surface area contributed by atoms with Crippen LogP contribution in [0, 0.1) is 23.2 Å². The van der Waals surface area contributed by atoms with Gasteiger partial charge in [-0.05, 0) is 54.5 Å². The highest BCUT2D eigenvalue weighted by Crippen LogP contribution is 2.30. The summed E-state index contributed by atoms with van der Waals surface area (Å²) < 4.78 is 5.77. The van der Waals surface area contributed by atoms with Crippen LogP contribution in [0.2, 0.25) is 0 Å². The fraction of sp³-hybridized carbons (Fsp3) is 0.400. The van der Waals surface area contributed by atoms with Gasteiger partial charge in [0.1, 0.15) is 12.4 Å². The molecule has 2 atom stereocenters. The van der Waals surface area contributed by atoms with Crippen LogP contribution in [-0.4, -0.2) is 17.9 Å². The van der Waals surface area contributed by atoms with E-state index in [1.54, 1.807) is 36.4 Å². The predicted molar refractivity (Wildman–Crippen MR) is 119 cm³/mol. The number of anilines is 1. The van der Waals surface area contributed by atoms with Gasteiger partial charge in [0.05, 0.1) is 11.6 Å². The molecule has 3 rings (SSSR count). The number of carbonyl (C=O) groups excluding carboxylic acids is 2. The largest absolute Gasteiger partial charge is 0.489 e. The van der Waals surface area contributed by atoms with Crippen molar-refractivity contribution in [2.24, 2.45) is 11.8 Å². The summed E-state index contributed by atoms with van der Waals surface area (Å²) in [6, 6.07) is 16.3. The molecule has 0 spiro atoms. The molecule has 0 heterocycles. The van der Waals surface area contributed by atoms with E-state index in [-0.39, 0.29) is 6.04 Å². The summed E-state index contributed by atoms with van der Waals surface area (Å²) in [7, 11) is 0. The van der Waals surface area contributed by atoms with E-state index in [0.29, 0.717) is 35.4 Å². The van der Waals surface area contributed by atoms with E-state index in [0.717, 1.165) is 24.8 Å². The Morgan fingerprint density at radius 3 is 2.65 bits per heavy atom. The average molecular weight is 420 g/mol. The van der Waals surface area contributed by atoms with E-state index < -0.39 is 11.8 Å². The molecular formula is C25H29N3O3. The smallest absolute Gasteiger partial charge is 0.313 e. The first-order valence-electron chi connectivity index (χ1n) is 10.8. The molecule has 1 aliphatic carbocycles. The molecule has 162 valence electrons. The summed E-state index contributed by atoms with van der Waals surface area (Å²) in [4.78, 5) is 24.9. The average Bonchev–Trinajstić information content (AvgIpc) is 2.78. The third-order valence-electron chi connectivity index (χ3n) is 5.75. The van der Waals surface area contributed by atoms with E-state index in [9.17, 15) is 9.59 Å². The number of carbonyl (C=O) groups is 2. The van der Waals surface area contributed by atoms with E-state index in [1.165, 1.54) is 6.42 Å². The summed E-state index contributed by atoms with van der Waals surface area (Å²) in [5.74, 6) is 0.162. The van der Waals surface area contributed by atoms with Crippen molar-refractivity contribution in [2.75, 3.05) is 5.32 Å². The van der Waals surface area contributed by atoms with Gasteiger partial charge < -0.3 is 15.4 Å². The van der Waals surface area contributed by atoms with Gasteiger partial charge in [0.15, 0.2) is 0 Å². The summed E-state index contributed by atoms with van der Waals surface area (Å²) in [6.07, 6.45) is 4.25. The molecule has 0 aromatic heterocycles. The molecule has 2 aromatic rings. The second-order valence-corrected chi connectivity index (χ2v) is 8.36. The monoisotopic (exact) mass is 419 g/mol. The van der Waals surface area contributed by atoms with Crippen molar-refractivity contribution in [2.45, 2.75) is 52.2 Å². The molecule has 2 amide bonds. The Kier molecular flexibility index (Phi) is 7.66. The molecule has 0 aliphatic heterocycles. The SMILES string of the molecule is CC(C)C1CCCCC1NC(=O)C(=O)Nc1cccc(OCc2cccc(C#N)c2)c1. The number of nitriles is 1. The Morgan fingerprint density at radius 2 is 1.87 bits per heavy atom. The van der Waals surface area contributed by atoms with Gasteiger partial charge in [-0.25, -0.2) is 0 Å². The van der Waals surface area contributed by atoms with Gasteiger partial charge in [0.2, 0.25) is 0 Å². The van der Waals surface area contributed by atoms with Gasteiger partial charge in [-0.15, -0.1) is 0 Å². The highest BCUT2D eigenvalue weighted by atomic mass is 16.5. The van der Waals surface area contributed by atoms with Crippen LogP contribution in [0.5, 0.6) is 5.75 Å². The summed E-state index contributed by atoms with van der Waals surface area (Å²) in [6.45, 7) is 4.63. The van der Waals surface area contributed by atoms with Crippen molar-refractivity contribution in [3.05, 3.63) is 59.7 Å². The molecule has 2 N–H and O–H groups in total. The molecule has 1 aliphatic rings. The van der Waals surface area contributed by atoms with Crippen LogP contribution in [0.1, 0.15) is 50.7 Å². The Labute approximate surface area is 183 Å². The predicted octanol–water partition coefficient (Wildman–Crippen LogP) is 4.41. The quantitative estimate of drug-likeness (QED) is 0.679. The molecule has 31 heavy (non-hydrogen) atoms. The number of nitrogens with zero attached hydrogens (tertiary/aromatic N) is 1. The molecule has 1 fully saturated rings. The number of benzene rings is 2. The first kappa shape index (κ1) is 22.4. The van der Waals surface area contributed by atoms with Crippen molar-refractivity contribution >= 4 is 17.5 Å². The molecule has 0 radical (unpaired) electrons.